The lowest BCUT2D eigenvalue weighted by Crippen LogP contribution is -2.17. The largest absolute Gasteiger partial charge is 0.435 e. The summed E-state index contributed by atoms with van der Waals surface area (Å²) in [5.41, 5.74) is -1.99. The molecule has 0 saturated heterocycles. The molecule has 1 aromatic carbocycles. The molecule has 0 aliphatic rings. The van der Waals surface area contributed by atoms with Crippen LogP contribution in [0.3, 0.4) is 0 Å². The average molecular weight is 369 g/mol. The third-order valence-corrected chi connectivity index (χ3v) is 3.57. The zero-order valence-corrected chi connectivity index (χ0v) is 13.0. The number of halogens is 4. The Hall–Kier alpha value is -2.94. The summed E-state index contributed by atoms with van der Waals surface area (Å²) in [7, 11) is 0. The van der Waals surface area contributed by atoms with Crippen LogP contribution in [0.15, 0.2) is 47.4 Å². The van der Waals surface area contributed by atoms with Gasteiger partial charge in [0.1, 0.15) is 0 Å². The second kappa shape index (κ2) is 6.17. The van der Waals surface area contributed by atoms with E-state index in [-0.39, 0.29) is 22.6 Å². The van der Waals surface area contributed by atoms with E-state index in [4.69, 9.17) is 11.6 Å². The summed E-state index contributed by atoms with van der Waals surface area (Å²) < 4.78 is 41.2. The highest BCUT2D eigenvalue weighted by Gasteiger charge is 2.39. The number of hydrogen-bond acceptors (Lipinski definition) is 4. The standard InChI is InChI=1S/C15H8ClF3N4O2/c16-9-5-6-22(13(25)7-9)10-1-3-11(4-2-10)23-14(15(17,18)19)12(8-24)20-21-23/h1-8H. The number of carbonyl (C=O) groups is 1. The molecule has 10 heteroatoms. The predicted molar refractivity (Wildman–Crippen MR) is 82.4 cm³/mol. The van der Waals surface area contributed by atoms with E-state index >= 15 is 0 Å². The van der Waals surface area contributed by atoms with E-state index in [2.05, 4.69) is 10.3 Å². The van der Waals surface area contributed by atoms with Gasteiger partial charge in [0.05, 0.1) is 5.69 Å². The smallest absolute Gasteiger partial charge is 0.296 e. The number of benzene rings is 1. The summed E-state index contributed by atoms with van der Waals surface area (Å²) in [6.45, 7) is 0. The summed E-state index contributed by atoms with van der Waals surface area (Å²) in [4.78, 5) is 22.6. The van der Waals surface area contributed by atoms with Crippen LogP contribution in [0.4, 0.5) is 13.2 Å². The lowest BCUT2D eigenvalue weighted by Gasteiger charge is -2.11. The van der Waals surface area contributed by atoms with Gasteiger partial charge in [0.25, 0.3) is 5.56 Å². The molecular formula is C15H8ClF3N4O2. The molecule has 0 amide bonds. The number of carbonyl (C=O) groups excluding carboxylic acids is 1. The van der Waals surface area contributed by atoms with Gasteiger partial charge < -0.3 is 0 Å². The van der Waals surface area contributed by atoms with E-state index in [0.717, 1.165) is 0 Å². The molecule has 0 aliphatic heterocycles. The summed E-state index contributed by atoms with van der Waals surface area (Å²) in [6.07, 6.45) is -3.36. The maximum Gasteiger partial charge on any atom is 0.435 e. The average Bonchev–Trinajstić information content (AvgIpc) is 2.99. The van der Waals surface area contributed by atoms with E-state index in [1.54, 1.807) is 0 Å². The molecular weight excluding hydrogens is 361 g/mol. The van der Waals surface area contributed by atoms with E-state index in [0.29, 0.717) is 10.4 Å². The van der Waals surface area contributed by atoms with Crippen molar-refractivity contribution in [3.05, 3.63) is 69.4 Å². The van der Waals surface area contributed by atoms with Crippen LogP contribution >= 0.6 is 11.6 Å². The molecule has 0 spiro atoms. The third kappa shape index (κ3) is 3.18. The van der Waals surface area contributed by atoms with Gasteiger partial charge in [0, 0.05) is 23.0 Å². The van der Waals surface area contributed by atoms with Gasteiger partial charge in [0.2, 0.25) is 0 Å². The van der Waals surface area contributed by atoms with Crippen LogP contribution in [0, 0.1) is 0 Å². The van der Waals surface area contributed by atoms with Crippen LogP contribution in [0.25, 0.3) is 11.4 Å². The van der Waals surface area contributed by atoms with Crippen LogP contribution in [0.1, 0.15) is 16.2 Å². The number of aromatic nitrogens is 4. The van der Waals surface area contributed by atoms with Crippen molar-refractivity contribution in [3.63, 3.8) is 0 Å². The van der Waals surface area contributed by atoms with Crippen LogP contribution in [-0.4, -0.2) is 25.8 Å². The van der Waals surface area contributed by atoms with E-state index < -0.39 is 17.6 Å². The Morgan fingerprint density at radius 3 is 2.28 bits per heavy atom. The second-order valence-electron chi connectivity index (χ2n) is 4.92. The Morgan fingerprint density at radius 2 is 1.72 bits per heavy atom. The van der Waals surface area contributed by atoms with Crippen molar-refractivity contribution >= 4 is 17.9 Å². The molecule has 0 fully saturated rings. The molecule has 6 nitrogen and oxygen atoms in total. The van der Waals surface area contributed by atoms with Gasteiger partial charge in [-0.1, -0.05) is 16.8 Å². The molecule has 3 rings (SSSR count). The van der Waals surface area contributed by atoms with Crippen LogP contribution < -0.4 is 5.56 Å². The van der Waals surface area contributed by atoms with Crippen molar-refractivity contribution in [2.45, 2.75) is 6.18 Å². The van der Waals surface area contributed by atoms with Crippen molar-refractivity contribution in [3.8, 4) is 11.4 Å². The Bertz CT molecular complexity index is 993. The van der Waals surface area contributed by atoms with Gasteiger partial charge in [-0.05, 0) is 30.3 Å². The summed E-state index contributed by atoms with van der Waals surface area (Å²) in [6, 6.07) is 8.25. The Labute approximate surface area is 143 Å². The maximum atomic E-state index is 13.1. The highest BCUT2D eigenvalue weighted by Crippen LogP contribution is 2.32. The fraction of sp³-hybridized carbons (Fsp3) is 0.0667. The van der Waals surface area contributed by atoms with Crippen LogP contribution in [-0.2, 0) is 6.18 Å². The number of pyridine rings is 1. The molecule has 0 atom stereocenters. The molecule has 0 bridgehead atoms. The van der Waals surface area contributed by atoms with Crippen molar-refractivity contribution in [2.24, 2.45) is 0 Å². The SMILES string of the molecule is O=Cc1nnn(-c2ccc(-n3ccc(Cl)cc3=O)cc2)c1C(F)(F)F. The second-order valence-corrected chi connectivity index (χ2v) is 5.36. The summed E-state index contributed by atoms with van der Waals surface area (Å²) in [5.74, 6) is 0. The van der Waals surface area contributed by atoms with Crippen LogP contribution in [0.5, 0.6) is 0 Å². The first kappa shape index (κ1) is 16.9. The Morgan fingerprint density at radius 1 is 1.08 bits per heavy atom. The fourth-order valence-electron chi connectivity index (χ4n) is 2.24. The molecule has 2 aromatic heterocycles. The first-order chi connectivity index (χ1) is 11.8. The first-order valence-electron chi connectivity index (χ1n) is 6.78. The van der Waals surface area contributed by atoms with Crippen LogP contribution in [0.2, 0.25) is 5.02 Å². The van der Waals surface area contributed by atoms with Crippen molar-refractivity contribution < 1.29 is 18.0 Å². The fourth-order valence-corrected chi connectivity index (χ4v) is 2.39. The van der Waals surface area contributed by atoms with Gasteiger partial charge in [0.15, 0.2) is 17.7 Å². The van der Waals surface area contributed by atoms with Gasteiger partial charge in [-0.15, -0.1) is 5.10 Å². The molecule has 0 aliphatic carbocycles. The van der Waals surface area contributed by atoms with Crippen molar-refractivity contribution in [1.82, 2.24) is 19.6 Å². The lowest BCUT2D eigenvalue weighted by molar-refractivity contribution is -0.143. The predicted octanol–water partition coefficient (Wildman–Crippen LogP) is 2.90. The molecule has 0 saturated carbocycles. The van der Waals surface area contributed by atoms with E-state index in [1.165, 1.54) is 47.2 Å². The summed E-state index contributed by atoms with van der Waals surface area (Å²) >= 11 is 5.72. The minimum Gasteiger partial charge on any atom is -0.296 e. The highest BCUT2D eigenvalue weighted by molar-refractivity contribution is 6.30. The lowest BCUT2D eigenvalue weighted by atomic mass is 10.2. The molecule has 2 heterocycles. The molecule has 25 heavy (non-hydrogen) atoms. The van der Waals surface area contributed by atoms with E-state index in [9.17, 15) is 22.8 Å². The topological polar surface area (TPSA) is 69.8 Å². The maximum absolute atomic E-state index is 13.1. The highest BCUT2D eigenvalue weighted by atomic mass is 35.5. The Balaban J connectivity index is 2.06. The Kier molecular flexibility index (Phi) is 4.17. The zero-order chi connectivity index (χ0) is 18.2. The number of rotatable bonds is 3. The number of hydrogen-bond donors (Lipinski definition) is 0. The van der Waals surface area contributed by atoms with Gasteiger partial charge in [-0.25, -0.2) is 4.68 Å². The molecule has 128 valence electrons. The summed E-state index contributed by atoms with van der Waals surface area (Å²) in [5, 5.41) is 6.90. The van der Waals surface area contributed by atoms with Gasteiger partial charge >= 0.3 is 6.18 Å². The van der Waals surface area contributed by atoms with Gasteiger partial charge in [-0.2, -0.15) is 13.2 Å². The zero-order valence-electron chi connectivity index (χ0n) is 12.2. The molecule has 0 unspecified atom stereocenters. The van der Waals surface area contributed by atoms with Crippen molar-refractivity contribution in [1.29, 1.82) is 0 Å². The monoisotopic (exact) mass is 368 g/mol. The number of aldehydes is 1. The molecule has 0 radical (unpaired) electrons. The normalized spacial score (nSPS) is 11.5. The minimum atomic E-state index is -4.80. The minimum absolute atomic E-state index is 0.00599. The van der Waals surface area contributed by atoms with Crippen molar-refractivity contribution in [2.75, 3.05) is 0 Å². The first-order valence-corrected chi connectivity index (χ1v) is 7.16. The molecule has 3 aromatic rings. The van der Waals surface area contributed by atoms with E-state index in [1.807, 2.05) is 0 Å². The number of alkyl halides is 3. The third-order valence-electron chi connectivity index (χ3n) is 3.33. The molecule has 0 N–H and O–H groups in total. The van der Waals surface area contributed by atoms with Gasteiger partial charge in [-0.3, -0.25) is 14.2 Å². The number of nitrogens with zero attached hydrogens (tertiary/aromatic N) is 4. The quantitative estimate of drug-likeness (QED) is 0.666.